The Balaban J connectivity index is 1.56. The monoisotopic (exact) mass is 445 g/mol. The fourth-order valence-corrected chi connectivity index (χ4v) is 7.08. The van der Waals surface area contributed by atoms with E-state index in [1.807, 2.05) is 24.3 Å². The van der Waals surface area contributed by atoms with Crippen LogP contribution in [0.3, 0.4) is 0 Å². The Hall–Kier alpha value is -3.08. The third-order valence-electron chi connectivity index (χ3n) is 8.04. The molecule has 0 radical (unpaired) electrons. The predicted molar refractivity (Wildman–Crippen MR) is 128 cm³/mol. The van der Waals surface area contributed by atoms with Gasteiger partial charge in [-0.05, 0) is 103 Å². The van der Waals surface area contributed by atoms with Crippen LogP contribution >= 0.6 is 0 Å². The van der Waals surface area contributed by atoms with Crippen LogP contribution in [0.15, 0.2) is 42.5 Å². The normalized spacial score (nSPS) is 27.6. The van der Waals surface area contributed by atoms with E-state index >= 15 is 0 Å². The van der Waals surface area contributed by atoms with E-state index in [1.165, 1.54) is 57.3 Å². The fourth-order valence-electron chi connectivity index (χ4n) is 7.08. The summed E-state index contributed by atoms with van der Waals surface area (Å²) in [6, 6.07) is 11.8. The molecule has 4 aliphatic carbocycles. The van der Waals surface area contributed by atoms with Crippen LogP contribution in [-0.2, 0) is 14.9 Å². The minimum atomic E-state index is -0.495. The smallest absolute Gasteiger partial charge is 0.330 e. The van der Waals surface area contributed by atoms with Gasteiger partial charge in [-0.2, -0.15) is 0 Å². The van der Waals surface area contributed by atoms with Crippen molar-refractivity contribution in [3.63, 3.8) is 0 Å². The van der Waals surface area contributed by atoms with Crippen molar-refractivity contribution in [2.24, 2.45) is 23.5 Å². The molecular formula is C28H31NO4. The Labute approximate surface area is 195 Å². The summed E-state index contributed by atoms with van der Waals surface area (Å²) in [5.74, 6) is 2.48. The highest BCUT2D eigenvalue weighted by Gasteiger charge is 2.52. The van der Waals surface area contributed by atoms with Gasteiger partial charge < -0.3 is 15.2 Å². The molecule has 1 amide bonds. The molecule has 33 heavy (non-hydrogen) atoms. The van der Waals surface area contributed by atoms with Crippen LogP contribution in [0.1, 0.15) is 60.0 Å². The molecule has 4 aliphatic rings. The molecule has 4 fully saturated rings. The first-order valence-electron chi connectivity index (χ1n) is 11.8. The van der Waals surface area contributed by atoms with E-state index < -0.39 is 11.9 Å². The number of rotatable bonds is 6. The molecule has 4 saturated carbocycles. The predicted octanol–water partition coefficient (Wildman–Crippen LogP) is 5.12. The van der Waals surface area contributed by atoms with Gasteiger partial charge in [0.25, 0.3) is 0 Å². The Morgan fingerprint density at radius 1 is 0.970 bits per heavy atom. The minimum Gasteiger partial charge on any atom is -0.496 e. The molecule has 0 aliphatic heterocycles. The Kier molecular flexibility index (Phi) is 5.51. The van der Waals surface area contributed by atoms with Gasteiger partial charge in [-0.15, -0.1) is 0 Å². The lowest BCUT2D eigenvalue weighted by molar-refractivity contribution is -0.134. The zero-order valence-corrected chi connectivity index (χ0v) is 19.3. The number of carbonyl (C=O) groups is 2. The molecule has 6 rings (SSSR count). The van der Waals surface area contributed by atoms with Gasteiger partial charge in [0.15, 0.2) is 0 Å². The van der Waals surface area contributed by atoms with Gasteiger partial charge in [-0.3, -0.25) is 4.79 Å². The van der Waals surface area contributed by atoms with Crippen molar-refractivity contribution in [3.05, 3.63) is 59.2 Å². The molecule has 4 bridgehead atoms. The molecule has 2 aromatic carbocycles. The average Bonchev–Trinajstić information content (AvgIpc) is 2.81. The Morgan fingerprint density at radius 2 is 1.64 bits per heavy atom. The Bertz CT molecular complexity index is 1100. The summed E-state index contributed by atoms with van der Waals surface area (Å²) < 4.78 is 10.5. The number of methoxy groups -OCH3 is 2. The van der Waals surface area contributed by atoms with Crippen LogP contribution in [0.25, 0.3) is 17.2 Å². The zero-order valence-electron chi connectivity index (χ0n) is 19.3. The standard InChI is InChI=1S/C28H31NO4/c1-32-25-7-5-21(13-24(25)28-14-18-9-19(15-28)11-20(10-18)16-28)22-6-3-17(4-8-26(30)33-2)12-23(22)27(29)31/h3-8,12-13,18-20H,9-11,14-16H2,1-2H3,(H2,29,31). The molecule has 0 atom stereocenters. The molecule has 0 unspecified atom stereocenters. The molecule has 0 aromatic heterocycles. The number of nitrogens with two attached hydrogens (primary N) is 1. The molecule has 0 saturated heterocycles. The lowest BCUT2D eigenvalue weighted by Crippen LogP contribution is -2.48. The first kappa shape index (κ1) is 21.7. The number of carbonyl (C=O) groups excluding carboxylic acids is 2. The van der Waals surface area contributed by atoms with Gasteiger partial charge in [-0.1, -0.05) is 18.2 Å². The quantitative estimate of drug-likeness (QED) is 0.495. The summed E-state index contributed by atoms with van der Waals surface area (Å²) in [5.41, 5.74) is 10.1. The van der Waals surface area contributed by atoms with Gasteiger partial charge in [-0.25, -0.2) is 4.79 Å². The highest BCUT2D eigenvalue weighted by atomic mass is 16.5. The van der Waals surface area contributed by atoms with Gasteiger partial charge >= 0.3 is 5.97 Å². The van der Waals surface area contributed by atoms with Crippen molar-refractivity contribution < 1.29 is 19.1 Å². The first-order chi connectivity index (χ1) is 15.9. The summed E-state index contributed by atoms with van der Waals surface area (Å²) in [7, 11) is 3.08. The molecule has 2 N–H and O–H groups in total. The summed E-state index contributed by atoms with van der Waals surface area (Å²) in [4.78, 5) is 23.8. The van der Waals surface area contributed by atoms with Crippen LogP contribution in [0.5, 0.6) is 5.75 Å². The summed E-state index contributed by atoms with van der Waals surface area (Å²) >= 11 is 0. The third-order valence-corrected chi connectivity index (χ3v) is 8.04. The second kappa shape index (κ2) is 8.36. The van der Waals surface area contributed by atoms with E-state index in [1.54, 1.807) is 19.3 Å². The van der Waals surface area contributed by atoms with Crippen molar-refractivity contribution in [1.29, 1.82) is 0 Å². The number of hydrogen-bond acceptors (Lipinski definition) is 4. The SMILES string of the molecule is COC(=O)C=Cc1ccc(-c2ccc(OC)c(C34CC5CC(CC(C5)C3)C4)c2)c(C(N)=O)c1. The van der Waals surface area contributed by atoms with Crippen molar-refractivity contribution in [2.45, 2.75) is 43.9 Å². The number of hydrogen-bond donors (Lipinski definition) is 1. The van der Waals surface area contributed by atoms with Gasteiger partial charge in [0.05, 0.1) is 14.2 Å². The van der Waals surface area contributed by atoms with Crippen LogP contribution in [0.2, 0.25) is 0 Å². The lowest BCUT2D eigenvalue weighted by Gasteiger charge is -2.57. The third kappa shape index (κ3) is 3.94. The largest absolute Gasteiger partial charge is 0.496 e. The number of benzene rings is 2. The van der Waals surface area contributed by atoms with Gasteiger partial charge in [0.2, 0.25) is 5.91 Å². The summed E-state index contributed by atoms with van der Waals surface area (Å²) in [6.07, 6.45) is 10.8. The second-order valence-corrected chi connectivity index (χ2v) is 10.1. The van der Waals surface area contributed by atoms with E-state index in [9.17, 15) is 9.59 Å². The molecule has 0 spiro atoms. The van der Waals surface area contributed by atoms with E-state index in [-0.39, 0.29) is 5.41 Å². The molecule has 2 aromatic rings. The number of esters is 1. The maximum atomic E-state index is 12.4. The second-order valence-electron chi connectivity index (χ2n) is 10.1. The number of primary amides is 1. The minimum absolute atomic E-state index is 0.173. The maximum absolute atomic E-state index is 12.4. The van der Waals surface area contributed by atoms with E-state index in [0.717, 1.165) is 34.6 Å². The number of amides is 1. The summed E-state index contributed by atoms with van der Waals surface area (Å²) in [5, 5.41) is 0. The molecule has 0 heterocycles. The molecule has 5 heteroatoms. The van der Waals surface area contributed by atoms with Gasteiger partial charge in [0, 0.05) is 17.2 Å². The number of ether oxygens (including phenoxy) is 2. The van der Waals surface area contributed by atoms with Crippen molar-refractivity contribution in [3.8, 4) is 16.9 Å². The first-order valence-corrected chi connectivity index (χ1v) is 11.8. The van der Waals surface area contributed by atoms with Crippen molar-refractivity contribution in [1.82, 2.24) is 0 Å². The lowest BCUT2D eigenvalue weighted by atomic mass is 9.48. The van der Waals surface area contributed by atoms with E-state index in [0.29, 0.717) is 11.1 Å². The van der Waals surface area contributed by atoms with E-state index in [2.05, 4.69) is 10.8 Å². The van der Waals surface area contributed by atoms with E-state index in [4.69, 9.17) is 10.5 Å². The van der Waals surface area contributed by atoms with Crippen LogP contribution < -0.4 is 10.5 Å². The van der Waals surface area contributed by atoms with Crippen LogP contribution in [-0.4, -0.2) is 26.1 Å². The Morgan fingerprint density at radius 3 is 2.21 bits per heavy atom. The van der Waals surface area contributed by atoms with Crippen molar-refractivity contribution >= 4 is 18.0 Å². The summed E-state index contributed by atoms with van der Waals surface area (Å²) in [6.45, 7) is 0. The fraction of sp³-hybridized carbons (Fsp3) is 0.429. The maximum Gasteiger partial charge on any atom is 0.330 e. The molecule has 5 nitrogen and oxygen atoms in total. The van der Waals surface area contributed by atoms with Crippen LogP contribution in [0.4, 0.5) is 0 Å². The molecular weight excluding hydrogens is 414 g/mol. The highest BCUT2D eigenvalue weighted by Crippen LogP contribution is 2.62. The topological polar surface area (TPSA) is 78.6 Å². The highest BCUT2D eigenvalue weighted by molar-refractivity contribution is 6.01. The molecule has 172 valence electrons. The average molecular weight is 446 g/mol. The zero-order chi connectivity index (χ0) is 23.2. The van der Waals surface area contributed by atoms with Crippen molar-refractivity contribution in [2.75, 3.05) is 14.2 Å². The van der Waals surface area contributed by atoms with Crippen LogP contribution in [0, 0.1) is 17.8 Å². The van der Waals surface area contributed by atoms with Gasteiger partial charge in [0.1, 0.15) is 5.75 Å².